The molecule has 27 heteroatoms. The molecule has 5 aromatic heterocycles. The second-order valence-corrected chi connectivity index (χ2v) is 28.2. The van der Waals surface area contributed by atoms with Crippen molar-refractivity contribution in [2.24, 2.45) is 17.8 Å². The average molecular weight is 1340 g/mol. The van der Waals surface area contributed by atoms with Gasteiger partial charge >= 0.3 is 7.12 Å². The number of anilines is 2. The lowest BCUT2D eigenvalue weighted by molar-refractivity contribution is -0.129. The summed E-state index contributed by atoms with van der Waals surface area (Å²) in [7, 11) is 2.82. The van der Waals surface area contributed by atoms with Gasteiger partial charge in [-0.05, 0) is 115 Å². The smallest absolute Gasteiger partial charge is 0.489 e. The Morgan fingerprint density at radius 1 is 0.564 bits per heavy atom. The van der Waals surface area contributed by atoms with Gasteiger partial charge in [-0.15, -0.1) is 34.0 Å². The van der Waals surface area contributed by atoms with Crippen LogP contribution in [0.3, 0.4) is 0 Å². The molecule has 4 amide bonds. The van der Waals surface area contributed by atoms with Crippen molar-refractivity contribution >= 4 is 112 Å². The van der Waals surface area contributed by atoms with E-state index in [9.17, 15) is 19.2 Å². The molecule has 6 fully saturated rings. The lowest BCUT2D eigenvalue weighted by atomic mass is 9.79. The highest BCUT2D eigenvalue weighted by Crippen LogP contribution is 2.42. The van der Waals surface area contributed by atoms with E-state index >= 15 is 0 Å². The Balaban J connectivity index is 0.000000136. The van der Waals surface area contributed by atoms with E-state index in [4.69, 9.17) is 43.0 Å². The van der Waals surface area contributed by atoms with Crippen LogP contribution in [0.1, 0.15) is 74.7 Å². The SMILES string of the molecule is COc1nc(-c2cc(O[C@H](C)[C@H]3CNC(=O)C3)c3scnc3c2)ccc1N1CCN(C(C)=O)CC1.COc1nc(-c2cc(O[C@H](C)[C@H]3CNC(=O)C3)c3scnc3c2)ccc1N1CCNCC1.C[C@@H](Oc1cc(B2OC(C)(C)C(C)(C)O2)cc2ncsc12)[C@H]1CNC(=O)C1. The summed E-state index contributed by atoms with van der Waals surface area (Å²) in [4.78, 5) is 75.9. The monoisotopic (exact) mass is 1340 g/mol. The highest BCUT2D eigenvalue weighted by molar-refractivity contribution is 7.17. The fourth-order valence-electron chi connectivity index (χ4n) is 12.4. The number of methoxy groups -OCH3 is 2. The molecule has 0 bridgehead atoms. The van der Waals surface area contributed by atoms with Gasteiger partial charge in [0.05, 0.1) is 89.7 Å². The summed E-state index contributed by atoms with van der Waals surface area (Å²) in [5, 5.41) is 12.0. The molecule has 0 saturated carbocycles. The normalized spacial score (nSPS) is 21.0. The van der Waals surface area contributed by atoms with Crippen LogP contribution in [0.25, 0.3) is 53.2 Å². The van der Waals surface area contributed by atoms with Gasteiger partial charge in [-0.3, -0.25) is 19.2 Å². The Bertz CT molecular complexity index is 4060. The number of aromatic nitrogens is 5. The molecule has 6 atom stereocenters. The fraction of sp³-hybridized carbons (Fsp3) is 0.478. The van der Waals surface area contributed by atoms with E-state index in [2.05, 4.69) is 52.1 Å². The molecular formula is C67H81BN12O11S3. The molecule has 0 unspecified atom stereocenters. The second kappa shape index (κ2) is 28.2. The van der Waals surface area contributed by atoms with Crippen LogP contribution >= 0.6 is 34.0 Å². The average Bonchev–Trinajstić information content (AvgIpc) is 1.63. The summed E-state index contributed by atoms with van der Waals surface area (Å²) in [6, 6.07) is 20.2. The molecule has 4 N–H and O–H groups in total. The highest BCUT2D eigenvalue weighted by atomic mass is 32.1. The number of amides is 4. The number of nitrogens with zero attached hydrogens (tertiary/aromatic N) is 8. The molecule has 496 valence electrons. The fourth-order valence-corrected chi connectivity index (χ4v) is 14.6. The number of fused-ring (bicyclic) bond motifs is 3. The third kappa shape index (κ3) is 14.5. The van der Waals surface area contributed by atoms with Crippen LogP contribution in [0.15, 0.2) is 77.2 Å². The van der Waals surface area contributed by atoms with Crippen LogP contribution in [-0.4, -0.2) is 176 Å². The first-order valence-corrected chi connectivity index (χ1v) is 34.7. The summed E-state index contributed by atoms with van der Waals surface area (Å²) < 4.78 is 45.7. The molecule has 0 spiro atoms. The van der Waals surface area contributed by atoms with E-state index in [0.717, 1.165) is 127 Å². The summed E-state index contributed by atoms with van der Waals surface area (Å²) in [5.41, 5.74) is 13.5. The molecule has 6 saturated heterocycles. The zero-order valence-electron chi connectivity index (χ0n) is 54.7. The molecule has 23 nitrogen and oxygen atoms in total. The van der Waals surface area contributed by atoms with Gasteiger partial charge in [-0.25, -0.2) is 24.9 Å². The van der Waals surface area contributed by atoms with E-state index < -0.39 is 18.3 Å². The predicted octanol–water partition coefficient (Wildman–Crippen LogP) is 8.12. The Morgan fingerprint density at radius 2 is 0.957 bits per heavy atom. The number of ether oxygens (including phenoxy) is 5. The number of pyridine rings is 2. The third-order valence-corrected chi connectivity index (χ3v) is 21.5. The third-order valence-electron chi connectivity index (χ3n) is 18.9. The number of hydrogen-bond acceptors (Lipinski definition) is 22. The number of rotatable bonds is 16. The summed E-state index contributed by atoms with van der Waals surface area (Å²) >= 11 is 4.64. The van der Waals surface area contributed by atoms with E-state index in [1.165, 1.54) is 11.3 Å². The van der Waals surface area contributed by atoms with Crippen LogP contribution in [0.2, 0.25) is 0 Å². The number of carbonyl (C=O) groups is 4. The molecule has 94 heavy (non-hydrogen) atoms. The second-order valence-electron chi connectivity index (χ2n) is 25.6. The van der Waals surface area contributed by atoms with Crippen LogP contribution in [0, 0.1) is 17.8 Å². The highest BCUT2D eigenvalue weighted by Gasteiger charge is 2.52. The first kappa shape index (κ1) is 66.1. The molecule has 0 radical (unpaired) electrons. The van der Waals surface area contributed by atoms with Crippen molar-refractivity contribution in [1.29, 1.82) is 0 Å². The largest absolute Gasteiger partial charge is 0.495 e. The van der Waals surface area contributed by atoms with Gasteiger partial charge in [0.15, 0.2) is 0 Å². The summed E-state index contributed by atoms with van der Waals surface area (Å²) in [6.45, 7) is 24.3. The molecule has 6 aliphatic heterocycles. The van der Waals surface area contributed by atoms with E-state index in [-0.39, 0.29) is 59.7 Å². The van der Waals surface area contributed by atoms with Crippen molar-refractivity contribution in [2.75, 3.05) is 96.0 Å². The van der Waals surface area contributed by atoms with Crippen molar-refractivity contribution in [3.8, 4) is 51.5 Å². The lowest BCUT2D eigenvalue weighted by Crippen LogP contribution is -2.48. The van der Waals surface area contributed by atoms with Crippen molar-refractivity contribution in [3.05, 3.63) is 77.2 Å². The predicted molar refractivity (Wildman–Crippen MR) is 367 cm³/mol. The Morgan fingerprint density at radius 3 is 1.34 bits per heavy atom. The number of piperazine rings is 2. The summed E-state index contributed by atoms with van der Waals surface area (Å²) in [6.07, 6.45) is 1.19. The first-order chi connectivity index (χ1) is 45.2. The van der Waals surface area contributed by atoms with Crippen LogP contribution < -0.4 is 60.2 Å². The quantitative estimate of drug-likeness (QED) is 0.0666. The summed E-state index contributed by atoms with van der Waals surface area (Å²) in [5.74, 6) is 4.26. The van der Waals surface area contributed by atoms with Crippen LogP contribution in [-0.2, 0) is 28.5 Å². The maximum atomic E-state index is 11.7. The number of benzene rings is 3. The van der Waals surface area contributed by atoms with Gasteiger partial charge < -0.3 is 69.0 Å². The zero-order valence-corrected chi connectivity index (χ0v) is 57.2. The minimum atomic E-state index is -0.464. The van der Waals surface area contributed by atoms with Gasteiger partial charge in [0.1, 0.15) is 41.2 Å². The van der Waals surface area contributed by atoms with E-state index in [1.54, 1.807) is 43.8 Å². The Hall–Kier alpha value is -7.95. The molecule has 0 aliphatic carbocycles. The molecule has 8 aromatic rings. The van der Waals surface area contributed by atoms with Crippen molar-refractivity contribution < 1.29 is 52.2 Å². The lowest BCUT2D eigenvalue weighted by Gasteiger charge is -2.35. The zero-order chi connectivity index (χ0) is 66.0. The van der Waals surface area contributed by atoms with Gasteiger partial charge in [-0.2, -0.15) is 0 Å². The van der Waals surface area contributed by atoms with E-state index in [1.807, 2.05) is 124 Å². The van der Waals surface area contributed by atoms with Gasteiger partial charge in [0.2, 0.25) is 35.4 Å². The van der Waals surface area contributed by atoms with Crippen LogP contribution in [0.5, 0.6) is 29.0 Å². The molecule has 11 heterocycles. The van der Waals surface area contributed by atoms with Crippen molar-refractivity contribution in [3.63, 3.8) is 0 Å². The number of carbonyl (C=O) groups excluding carboxylic acids is 4. The Kier molecular flexibility index (Phi) is 19.8. The Labute approximate surface area is 559 Å². The number of hydrogen-bond donors (Lipinski definition) is 4. The van der Waals surface area contributed by atoms with Gasteiger partial charge in [-0.1, -0.05) is 0 Å². The molecule has 14 rings (SSSR count). The van der Waals surface area contributed by atoms with Crippen molar-refractivity contribution in [2.45, 2.75) is 104 Å². The number of nitrogens with one attached hydrogen (secondary N) is 4. The van der Waals surface area contributed by atoms with Gasteiger partial charge in [0, 0.05) is 127 Å². The molecular weight excluding hydrogens is 1260 g/mol. The first-order valence-electron chi connectivity index (χ1n) is 32.1. The van der Waals surface area contributed by atoms with E-state index in [0.29, 0.717) is 63.7 Å². The standard InChI is InChI=1S/C25H29N5O4S.C23H27N5O3S.C19H25BN2O4S/c1-15(18-12-23(32)26-13-18)34-22-11-17(10-20-24(22)35-14-27-20)19-4-5-21(25(28-19)33-3)30-8-6-29(7-9-30)16(2)31;1-14(16-11-21(29)25-12-16)31-20-10-15(9-18-22(20)32-13-26-18)17-3-4-19(23(27-17)30-2)28-7-5-24-6-8-28;1-11(12-6-16(23)21-9-12)24-15-8-13(7-14-17(15)27-10-22-14)20-25-18(2,3)19(4,5)26-20/h4-5,10-11,14-15,18H,6-9,12-13H2,1-3H3,(H,26,32);3-4,9-10,13-14,16,24H,5-8,11-12H2,1-2H3,(H,25,29);7-8,10-12H,6,9H2,1-5H3,(H,21,23)/t15-,18-;14-,16-;11-,12-/m111/s1. The van der Waals surface area contributed by atoms with Crippen LogP contribution in [0.4, 0.5) is 11.4 Å². The molecule has 3 aromatic carbocycles. The van der Waals surface area contributed by atoms with Crippen molar-refractivity contribution in [1.82, 2.24) is 51.1 Å². The maximum Gasteiger partial charge on any atom is 0.495 e. The minimum absolute atomic E-state index is 0.0706. The van der Waals surface area contributed by atoms with Gasteiger partial charge in [0.25, 0.3) is 0 Å². The number of thiazole rings is 3. The topological polar surface area (TPSA) is 255 Å². The molecule has 6 aliphatic rings. The maximum absolute atomic E-state index is 11.7. The minimum Gasteiger partial charge on any atom is -0.489 e.